The van der Waals surface area contributed by atoms with E-state index in [1.165, 1.54) is 0 Å². The predicted molar refractivity (Wildman–Crippen MR) is 92.3 cm³/mol. The van der Waals surface area contributed by atoms with Crippen LogP contribution in [0.25, 0.3) is 10.9 Å². The first-order valence-electron chi connectivity index (χ1n) is 7.96. The van der Waals surface area contributed by atoms with Gasteiger partial charge in [0.1, 0.15) is 5.69 Å². The molecule has 0 aliphatic heterocycles. The van der Waals surface area contributed by atoms with Crippen molar-refractivity contribution in [3.05, 3.63) is 54.0 Å². The minimum absolute atomic E-state index is 0.151. The summed E-state index contributed by atoms with van der Waals surface area (Å²) in [6, 6.07) is 11.8. The van der Waals surface area contributed by atoms with Crippen molar-refractivity contribution in [2.45, 2.75) is 25.8 Å². The molecule has 0 unspecified atom stereocenters. The lowest BCUT2D eigenvalue weighted by molar-refractivity contribution is 0.0946. The highest BCUT2D eigenvalue weighted by molar-refractivity contribution is 5.94. The molecular formula is C18H17N5O. The number of hydrogen-bond donors (Lipinski definition) is 2. The molecule has 2 heterocycles. The molecule has 24 heavy (non-hydrogen) atoms. The van der Waals surface area contributed by atoms with Gasteiger partial charge in [0.15, 0.2) is 0 Å². The highest BCUT2D eigenvalue weighted by atomic mass is 16.2. The van der Waals surface area contributed by atoms with Crippen molar-refractivity contribution in [1.82, 2.24) is 20.3 Å². The van der Waals surface area contributed by atoms with E-state index in [9.17, 15) is 4.79 Å². The van der Waals surface area contributed by atoms with Gasteiger partial charge in [-0.1, -0.05) is 18.2 Å². The van der Waals surface area contributed by atoms with Crippen LogP contribution >= 0.6 is 0 Å². The van der Waals surface area contributed by atoms with Gasteiger partial charge >= 0.3 is 0 Å². The number of carbonyl (C=O) groups excluding carboxylic acids is 1. The smallest absolute Gasteiger partial charge is 0.270 e. The largest absolute Gasteiger partial charge is 0.348 e. The number of fused-ring (bicyclic) bond motifs is 1. The number of benzene rings is 1. The summed E-state index contributed by atoms with van der Waals surface area (Å²) in [7, 11) is 0. The first kappa shape index (κ1) is 14.6. The molecule has 1 amide bonds. The van der Waals surface area contributed by atoms with Crippen molar-refractivity contribution in [1.29, 1.82) is 0 Å². The van der Waals surface area contributed by atoms with Gasteiger partial charge in [-0.05, 0) is 38.0 Å². The zero-order valence-corrected chi connectivity index (χ0v) is 13.3. The molecule has 6 nitrogen and oxygen atoms in total. The second-order valence-electron chi connectivity index (χ2n) is 5.97. The monoisotopic (exact) mass is 319 g/mol. The summed E-state index contributed by atoms with van der Waals surface area (Å²) >= 11 is 0. The Bertz CT molecular complexity index is 915. The quantitative estimate of drug-likeness (QED) is 0.773. The molecule has 0 saturated heterocycles. The van der Waals surface area contributed by atoms with Crippen LogP contribution in [0.4, 0.5) is 11.6 Å². The first-order valence-corrected chi connectivity index (χ1v) is 7.96. The van der Waals surface area contributed by atoms with Crippen LogP contribution in [0, 0.1) is 6.92 Å². The number of anilines is 2. The van der Waals surface area contributed by atoms with Gasteiger partial charge in [0, 0.05) is 23.3 Å². The van der Waals surface area contributed by atoms with E-state index in [-0.39, 0.29) is 5.91 Å². The van der Waals surface area contributed by atoms with Crippen molar-refractivity contribution in [3.63, 3.8) is 0 Å². The van der Waals surface area contributed by atoms with Crippen LogP contribution in [0.5, 0.6) is 0 Å². The second kappa shape index (κ2) is 5.88. The number of rotatable bonds is 4. The van der Waals surface area contributed by atoms with Crippen LogP contribution in [-0.4, -0.2) is 26.9 Å². The highest BCUT2D eigenvalue weighted by Crippen LogP contribution is 2.23. The lowest BCUT2D eigenvalue weighted by Crippen LogP contribution is -2.26. The maximum atomic E-state index is 12.2. The molecular weight excluding hydrogens is 302 g/mol. The van der Waals surface area contributed by atoms with Gasteiger partial charge in [0.25, 0.3) is 5.91 Å². The fourth-order valence-electron chi connectivity index (χ4n) is 2.55. The topological polar surface area (TPSA) is 79.8 Å². The van der Waals surface area contributed by atoms with E-state index in [1.807, 2.05) is 37.3 Å². The summed E-state index contributed by atoms with van der Waals surface area (Å²) in [6.07, 6.45) is 3.84. The van der Waals surface area contributed by atoms with Crippen molar-refractivity contribution < 1.29 is 4.79 Å². The molecule has 0 radical (unpaired) electrons. The number of pyridine rings is 1. The minimum atomic E-state index is -0.151. The van der Waals surface area contributed by atoms with Gasteiger partial charge in [-0.3, -0.25) is 9.78 Å². The standard InChI is InChI=1S/C18H17N5O/c1-11-10-15(17(24)21-13-7-8-13)23-18(20-11)22-14-6-2-4-12-5-3-9-19-16(12)14/h2-6,9-10,13H,7-8H2,1H3,(H,21,24)(H,20,22,23). The van der Waals surface area contributed by atoms with Crippen molar-refractivity contribution >= 4 is 28.4 Å². The molecule has 2 aromatic heterocycles. The molecule has 2 N–H and O–H groups in total. The Kier molecular flexibility index (Phi) is 3.57. The summed E-state index contributed by atoms with van der Waals surface area (Å²) in [6.45, 7) is 1.85. The number of nitrogens with one attached hydrogen (secondary N) is 2. The fraction of sp³-hybridized carbons (Fsp3) is 0.222. The van der Waals surface area contributed by atoms with Crippen molar-refractivity contribution in [2.75, 3.05) is 5.32 Å². The summed E-state index contributed by atoms with van der Waals surface area (Å²) in [4.78, 5) is 25.4. The van der Waals surface area contributed by atoms with Gasteiger partial charge in [-0.25, -0.2) is 9.97 Å². The van der Waals surface area contributed by atoms with Crippen LogP contribution < -0.4 is 10.6 Å². The molecule has 1 aliphatic rings. The van der Waals surface area contributed by atoms with Gasteiger partial charge in [0.05, 0.1) is 11.2 Å². The molecule has 0 bridgehead atoms. The number of para-hydroxylation sites is 1. The van der Waals surface area contributed by atoms with Crippen LogP contribution in [0.3, 0.4) is 0 Å². The van der Waals surface area contributed by atoms with Crippen LogP contribution in [0.2, 0.25) is 0 Å². The minimum Gasteiger partial charge on any atom is -0.348 e. The summed E-state index contributed by atoms with van der Waals surface area (Å²) in [5.41, 5.74) is 2.77. The summed E-state index contributed by atoms with van der Waals surface area (Å²) in [5.74, 6) is 0.246. The van der Waals surface area contributed by atoms with E-state index in [0.717, 1.165) is 35.1 Å². The molecule has 1 fully saturated rings. The second-order valence-corrected chi connectivity index (χ2v) is 5.97. The molecule has 1 saturated carbocycles. The number of hydrogen-bond acceptors (Lipinski definition) is 5. The first-order chi connectivity index (χ1) is 11.7. The number of amides is 1. The Morgan fingerprint density at radius 3 is 2.83 bits per heavy atom. The Morgan fingerprint density at radius 1 is 1.17 bits per heavy atom. The van der Waals surface area contributed by atoms with Gasteiger partial charge in [-0.15, -0.1) is 0 Å². The van der Waals surface area contributed by atoms with E-state index >= 15 is 0 Å². The van der Waals surface area contributed by atoms with Crippen molar-refractivity contribution in [3.8, 4) is 0 Å². The summed E-state index contributed by atoms with van der Waals surface area (Å²) in [5, 5.41) is 7.17. The van der Waals surface area contributed by atoms with E-state index < -0.39 is 0 Å². The van der Waals surface area contributed by atoms with Crippen LogP contribution in [-0.2, 0) is 0 Å². The Labute approximate surface area is 139 Å². The summed E-state index contributed by atoms with van der Waals surface area (Å²) < 4.78 is 0. The van der Waals surface area contributed by atoms with Gasteiger partial charge in [-0.2, -0.15) is 0 Å². The molecule has 6 heteroatoms. The Hall–Kier alpha value is -3.02. The third kappa shape index (κ3) is 3.03. The molecule has 0 atom stereocenters. The third-order valence-electron chi connectivity index (χ3n) is 3.88. The molecule has 3 aromatic rings. The fourth-order valence-corrected chi connectivity index (χ4v) is 2.55. The lowest BCUT2D eigenvalue weighted by atomic mass is 10.2. The van der Waals surface area contributed by atoms with Gasteiger partial charge < -0.3 is 10.6 Å². The average molecular weight is 319 g/mol. The van der Waals surface area contributed by atoms with Gasteiger partial charge in [0.2, 0.25) is 5.95 Å². The Morgan fingerprint density at radius 2 is 2.00 bits per heavy atom. The van der Waals surface area contributed by atoms with E-state index in [0.29, 0.717) is 17.7 Å². The molecule has 1 aliphatic carbocycles. The SMILES string of the molecule is Cc1cc(C(=O)NC2CC2)nc(Nc2cccc3cccnc23)n1. The maximum absolute atomic E-state index is 12.2. The molecule has 120 valence electrons. The number of aryl methyl sites for hydroxylation is 1. The third-order valence-corrected chi connectivity index (χ3v) is 3.88. The highest BCUT2D eigenvalue weighted by Gasteiger charge is 2.24. The molecule has 4 rings (SSSR count). The Balaban J connectivity index is 1.66. The normalized spacial score (nSPS) is 13.7. The molecule has 1 aromatic carbocycles. The number of nitrogens with zero attached hydrogens (tertiary/aromatic N) is 3. The van der Waals surface area contributed by atoms with E-state index in [1.54, 1.807) is 12.3 Å². The molecule has 0 spiro atoms. The maximum Gasteiger partial charge on any atom is 0.270 e. The number of carbonyl (C=O) groups is 1. The lowest BCUT2D eigenvalue weighted by Gasteiger charge is -2.10. The zero-order chi connectivity index (χ0) is 16.5. The van der Waals surface area contributed by atoms with Crippen LogP contribution in [0.1, 0.15) is 29.0 Å². The zero-order valence-electron chi connectivity index (χ0n) is 13.3. The predicted octanol–water partition coefficient (Wildman–Crippen LogP) is 2.97. The van der Waals surface area contributed by atoms with Crippen LogP contribution in [0.15, 0.2) is 42.6 Å². The average Bonchev–Trinajstić information content (AvgIpc) is 3.39. The van der Waals surface area contributed by atoms with E-state index in [4.69, 9.17) is 0 Å². The van der Waals surface area contributed by atoms with Crippen molar-refractivity contribution in [2.24, 2.45) is 0 Å². The number of aromatic nitrogens is 3. The van der Waals surface area contributed by atoms with E-state index in [2.05, 4.69) is 25.6 Å².